The summed E-state index contributed by atoms with van der Waals surface area (Å²) in [4.78, 5) is 25.1. The summed E-state index contributed by atoms with van der Waals surface area (Å²) < 4.78 is 0. The molecule has 0 radical (unpaired) electrons. The predicted molar refractivity (Wildman–Crippen MR) is 93.7 cm³/mol. The van der Waals surface area contributed by atoms with Gasteiger partial charge in [-0.3, -0.25) is 14.5 Å². The van der Waals surface area contributed by atoms with Crippen LogP contribution in [0.1, 0.15) is 50.6 Å². The minimum atomic E-state index is -0.897. The molecule has 2 rings (SSSR count). The highest BCUT2D eigenvalue weighted by Gasteiger charge is 2.28. The molecule has 0 heterocycles. The molecule has 1 atom stereocenters. The molecule has 132 valence electrons. The van der Waals surface area contributed by atoms with Crippen molar-refractivity contribution in [3.8, 4) is 0 Å². The van der Waals surface area contributed by atoms with Crippen LogP contribution < -0.4 is 5.32 Å². The predicted octanol–water partition coefficient (Wildman–Crippen LogP) is 2.83. The van der Waals surface area contributed by atoms with Crippen LogP contribution in [0.25, 0.3) is 0 Å². The number of carboxylic acid groups (broad SMARTS) is 1. The van der Waals surface area contributed by atoms with Gasteiger partial charge < -0.3 is 10.4 Å². The number of rotatable bonds is 9. The minimum absolute atomic E-state index is 0.0227. The van der Waals surface area contributed by atoms with Crippen molar-refractivity contribution in [3.63, 3.8) is 0 Å². The molecule has 1 aromatic rings. The van der Waals surface area contributed by atoms with E-state index in [0.717, 1.165) is 24.8 Å². The van der Waals surface area contributed by atoms with Crippen LogP contribution in [0.2, 0.25) is 0 Å². The van der Waals surface area contributed by atoms with Gasteiger partial charge in [-0.2, -0.15) is 0 Å². The summed E-state index contributed by atoms with van der Waals surface area (Å²) in [7, 11) is 0. The van der Waals surface area contributed by atoms with Gasteiger partial charge in [-0.1, -0.05) is 50.1 Å². The number of hydrogen-bond acceptors (Lipinski definition) is 3. The van der Waals surface area contributed by atoms with Crippen molar-refractivity contribution in [2.24, 2.45) is 5.92 Å². The van der Waals surface area contributed by atoms with Crippen molar-refractivity contribution in [2.45, 2.75) is 45.1 Å². The molecule has 1 amide bonds. The van der Waals surface area contributed by atoms with E-state index in [1.807, 2.05) is 25.1 Å². The second-order valence-electron chi connectivity index (χ2n) is 6.60. The van der Waals surface area contributed by atoms with E-state index in [-0.39, 0.29) is 25.0 Å². The van der Waals surface area contributed by atoms with Crippen LogP contribution in [0, 0.1) is 5.92 Å². The molecule has 2 N–H and O–H groups in total. The van der Waals surface area contributed by atoms with Gasteiger partial charge in [0.1, 0.15) is 0 Å². The third-order valence-corrected chi connectivity index (χ3v) is 4.61. The molecule has 0 aliphatic heterocycles. The van der Waals surface area contributed by atoms with Crippen LogP contribution in [0.4, 0.5) is 0 Å². The van der Waals surface area contributed by atoms with E-state index in [1.54, 1.807) is 4.90 Å². The fraction of sp³-hybridized carbons (Fsp3) is 0.579. The molecular weight excluding hydrogens is 304 g/mol. The van der Waals surface area contributed by atoms with E-state index in [1.165, 1.54) is 12.8 Å². The molecule has 24 heavy (non-hydrogen) atoms. The fourth-order valence-electron chi connectivity index (χ4n) is 3.57. The molecule has 5 heteroatoms. The maximum absolute atomic E-state index is 12.5. The largest absolute Gasteiger partial charge is 0.480 e. The molecule has 0 bridgehead atoms. The lowest BCUT2D eigenvalue weighted by atomic mass is 9.91. The Morgan fingerprint density at radius 2 is 1.88 bits per heavy atom. The third kappa shape index (κ3) is 5.64. The van der Waals surface area contributed by atoms with Crippen LogP contribution in [0.5, 0.6) is 0 Å². The zero-order chi connectivity index (χ0) is 17.4. The molecule has 1 aliphatic rings. The van der Waals surface area contributed by atoms with E-state index in [9.17, 15) is 9.59 Å². The standard InChI is InChI=1S/C19H28N2O3/c1-2-12-21(14-18(23)24)13-17(22)20-19(16-10-6-7-11-16)15-8-4-3-5-9-15/h3-5,8-9,16,19H,2,6-7,10-14H2,1H3,(H,20,22)(H,23,24). The smallest absolute Gasteiger partial charge is 0.317 e. The maximum Gasteiger partial charge on any atom is 0.317 e. The highest BCUT2D eigenvalue weighted by molar-refractivity contribution is 5.79. The van der Waals surface area contributed by atoms with Gasteiger partial charge in [0.05, 0.1) is 19.1 Å². The molecule has 1 saturated carbocycles. The van der Waals surface area contributed by atoms with Crippen LogP contribution >= 0.6 is 0 Å². The van der Waals surface area contributed by atoms with Crippen molar-refractivity contribution in [1.29, 1.82) is 0 Å². The number of aliphatic carboxylic acids is 1. The van der Waals surface area contributed by atoms with E-state index in [2.05, 4.69) is 17.4 Å². The Labute approximate surface area is 144 Å². The summed E-state index contributed by atoms with van der Waals surface area (Å²) >= 11 is 0. The van der Waals surface area contributed by atoms with Gasteiger partial charge >= 0.3 is 5.97 Å². The Morgan fingerprint density at radius 3 is 2.46 bits per heavy atom. The van der Waals surface area contributed by atoms with Gasteiger partial charge in [0.2, 0.25) is 5.91 Å². The van der Waals surface area contributed by atoms with Crippen LogP contribution in [-0.2, 0) is 9.59 Å². The molecule has 5 nitrogen and oxygen atoms in total. The summed E-state index contributed by atoms with van der Waals surface area (Å²) in [6.07, 6.45) is 5.52. The first-order valence-corrected chi connectivity index (χ1v) is 8.88. The number of benzene rings is 1. The van der Waals surface area contributed by atoms with Crippen LogP contribution in [0.3, 0.4) is 0 Å². The van der Waals surface area contributed by atoms with Gasteiger partial charge in [-0.05, 0) is 37.3 Å². The Bertz CT molecular complexity index is 527. The number of amides is 1. The van der Waals surface area contributed by atoms with Crippen molar-refractivity contribution in [3.05, 3.63) is 35.9 Å². The van der Waals surface area contributed by atoms with Gasteiger partial charge in [-0.15, -0.1) is 0 Å². The first kappa shape index (κ1) is 18.5. The zero-order valence-corrected chi connectivity index (χ0v) is 14.4. The molecular formula is C19H28N2O3. The Morgan fingerprint density at radius 1 is 1.21 bits per heavy atom. The first-order valence-electron chi connectivity index (χ1n) is 8.88. The number of carboxylic acids is 1. The maximum atomic E-state index is 12.5. The molecule has 0 saturated heterocycles. The van der Waals surface area contributed by atoms with Crippen molar-refractivity contribution >= 4 is 11.9 Å². The van der Waals surface area contributed by atoms with Gasteiger partial charge in [-0.25, -0.2) is 0 Å². The SMILES string of the molecule is CCCN(CC(=O)O)CC(=O)NC(c1ccccc1)C1CCCC1. The Kier molecular flexibility index (Phi) is 7.25. The Hall–Kier alpha value is -1.88. The number of hydrogen-bond donors (Lipinski definition) is 2. The lowest BCUT2D eigenvalue weighted by Gasteiger charge is -2.27. The van der Waals surface area contributed by atoms with E-state index < -0.39 is 5.97 Å². The summed E-state index contributed by atoms with van der Waals surface area (Å²) in [5.74, 6) is -0.521. The van der Waals surface area contributed by atoms with Crippen molar-refractivity contribution < 1.29 is 14.7 Å². The zero-order valence-electron chi connectivity index (χ0n) is 14.4. The summed E-state index contributed by atoms with van der Waals surface area (Å²) in [5.41, 5.74) is 1.14. The van der Waals surface area contributed by atoms with Crippen LogP contribution in [0.15, 0.2) is 30.3 Å². The third-order valence-electron chi connectivity index (χ3n) is 4.61. The van der Waals surface area contributed by atoms with Crippen LogP contribution in [-0.4, -0.2) is 41.5 Å². The molecule has 0 spiro atoms. The number of carbonyl (C=O) groups is 2. The second kappa shape index (κ2) is 9.42. The number of nitrogens with zero attached hydrogens (tertiary/aromatic N) is 1. The monoisotopic (exact) mass is 332 g/mol. The van der Waals surface area contributed by atoms with Gasteiger partial charge in [0.25, 0.3) is 0 Å². The average Bonchev–Trinajstić information content (AvgIpc) is 3.07. The lowest BCUT2D eigenvalue weighted by molar-refractivity contribution is -0.138. The minimum Gasteiger partial charge on any atom is -0.480 e. The summed E-state index contributed by atoms with van der Waals surface area (Å²) in [6.45, 7) is 2.63. The molecule has 1 fully saturated rings. The van der Waals surface area contributed by atoms with Crippen molar-refractivity contribution in [1.82, 2.24) is 10.2 Å². The van der Waals surface area contributed by atoms with Gasteiger partial charge in [0, 0.05) is 0 Å². The number of carbonyl (C=O) groups excluding carboxylic acids is 1. The molecule has 1 aliphatic carbocycles. The second-order valence-corrected chi connectivity index (χ2v) is 6.60. The van der Waals surface area contributed by atoms with E-state index in [4.69, 9.17) is 5.11 Å². The Balaban J connectivity index is 2.02. The lowest BCUT2D eigenvalue weighted by Crippen LogP contribution is -2.42. The normalized spacial score (nSPS) is 16.2. The molecule has 1 aromatic carbocycles. The highest BCUT2D eigenvalue weighted by Crippen LogP contribution is 2.35. The van der Waals surface area contributed by atoms with E-state index >= 15 is 0 Å². The van der Waals surface area contributed by atoms with Gasteiger partial charge in [0.15, 0.2) is 0 Å². The quantitative estimate of drug-likeness (QED) is 0.729. The molecule has 0 aromatic heterocycles. The first-order chi connectivity index (χ1) is 11.6. The number of nitrogens with one attached hydrogen (secondary N) is 1. The fourth-order valence-corrected chi connectivity index (χ4v) is 3.57. The highest BCUT2D eigenvalue weighted by atomic mass is 16.4. The summed E-state index contributed by atoms with van der Waals surface area (Å²) in [5, 5.41) is 12.1. The average molecular weight is 332 g/mol. The molecule has 1 unspecified atom stereocenters. The van der Waals surface area contributed by atoms with Crippen molar-refractivity contribution in [2.75, 3.05) is 19.6 Å². The topological polar surface area (TPSA) is 69.6 Å². The van der Waals surface area contributed by atoms with E-state index in [0.29, 0.717) is 12.5 Å². The summed E-state index contributed by atoms with van der Waals surface area (Å²) in [6, 6.07) is 10.1.